The first-order valence-corrected chi connectivity index (χ1v) is 9.46. The molecule has 0 spiro atoms. The molecule has 1 N–H and O–H groups in total. The van der Waals surface area contributed by atoms with Crippen molar-refractivity contribution in [1.82, 2.24) is 4.98 Å². The van der Waals surface area contributed by atoms with Crippen LogP contribution in [0.3, 0.4) is 0 Å². The summed E-state index contributed by atoms with van der Waals surface area (Å²) >= 11 is 1.27. The number of fused-ring (bicyclic) bond motifs is 1. The zero-order valence-corrected chi connectivity index (χ0v) is 16.3. The Morgan fingerprint density at radius 1 is 1.19 bits per heavy atom. The number of carbonyl (C=O) groups excluding carboxylic acids is 1. The highest BCUT2D eigenvalue weighted by atomic mass is 32.2. The Kier molecular flexibility index (Phi) is 5.63. The molecule has 2 aromatic carbocycles. The van der Waals surface area contributed by atoms with Crippen molar-refractivity contribution in [1.29, 1.82) is 5.26 Å². The number of hydrogen-bond acceptors (Lipinski definition) is 5. The molecule has 0 radical (unpaired) electrons. The maximum atomic E-state index is 12.3. The molecule has 27 heavy (non-hydrogen) atoms. The topological polar surface area (TPSA) is 69.0 Å². The molecule has 0 bridgehead atoms. The number of anilines is 2. The molecule has 1 aromatic heterocycles. The van der Waals surface area contributed by atoms with Crippen LogP contribution in [0.2, 0.25) is 0 Å². The van der Waals surface area contributed by atoms with Crippen molar-refractivity contribution in [3.63, 3.8) is 0 Å². The quantitative estimate of drug-likeness (QED) is 0.676. The summed E-state index contributed by atoms with van der Waals surface area (Å²) in [6, 6.07) is 17.6. The molecule has 0 saturated carbocycles. The van der Waals surface area contributed by atoms with Gasteiger partial charge in [0.2, 0.25) is 5.91 Å². The molecule has 3 aromatic rings. The molecule has 136 valence electrons. The molecule has 6 heteroatoms. The number of carbonyl (C=O) groups is 1. The lowest BCUT2D eigenvalue weighted by Crippen LogP contribution is -2.14. The molecule has 5 nitrogen and oxygen atoms in total. The fourth-order valence-electron chi connectivity index (χ4n) is 2.64. The third kappa shape index (κ3) is 4.57. The maximum absolute atomic E-state index is 12.3. The van der Waals surface area contributed by atoms with Gasteiger partial charge in [0.15, 0.2) is 0 Å². The van der Waals surface area contributed by atoms with Crippen molar-refractivity contribution in [2.24, 2.45) is 0 Å². The van der Waals surface area contributed by atoms with Gasteiger partial charge >= 0.3 is 0 Å². The first kappa shape index (κ1) is 18.7. The van der Waals surface area contributed by atoms with E-state index in [0.717, 1.165) is 27.8 Å². The second-order valence-corrected chi connectivity index (χ2v) is 7.39. The molecule has 0 aliphatic rings. The monoisotopic (exact) mass is 376 g/mol. The van der Waals surface area contributed by atoms with E-state index in [-0.39, 0.29) is 11.7 Å². The third-order valence-electron chi connectivity index (χ3n) is 4.06. The van der Waals surface area contributed by atoms with E-state index >= 15 is 0 Å². The van der Waals surface area contributed by atoms with Crippen LogP contribution in [0.5, 0.6) is 0 Å². The van der Waals surface area contributed by atoms with Crippen molar-refractivity contribution in [2.75, 3.05) is 30.1 Å². The van der Waals surface area contributed by atoms with Gasteiger partial charge in [-0.15, -0.1) is 0 Å². The molecule has 0 unspecified atom stereocenters. The van der Waals surface area contributed by atoms with Crippen molar-refractivity contribution >= 4 is 39.9 Å². The number of nitriles is 1. The largest absolute Gasteiger partial charge is 0.378 e. The van der Waals surface area contributed by atoms with Gasteiger partial charge in [0.05, 0.1) is 16.8 Å². The van der Waals surface area contributed by atoms with Gasteiger partial charge in [-0.2, -0.15) is 5.26 Å². The van der Waals surface area contributed by atoms with Gasteiger partial charge in [0.25, 0.3) is 0 Å². The highest BCUT2D eigenvalue weighted by Crippen LogP contribution is 2.25. The lowest BCUT2D eigenvalue weighted by Gasteiger charge is -2.13. The molecule has 0 fully saturated rings. The van der Waals surface area contributed by atoms with Crippen LogP contribution in [-0.2, 0) is 4.79 Å². The van der Waals surface area contributed by atoms with Crippen molar-refractivity contribution < 1.29 is 4.79 Å². The van der Waals surface area contributed by atoms with Gasteiger partial charge in [-0.3, -0.25) is 4.79 Å². The number of nitrogens with zero attached hydrogens (tertiary/aromatic N) is 3. The van der Waals surface area contributed by atoms with Gasteiger partial charge in [-0.25, -0.2) is 4.98 Å². The number of hydrogen-bond donors (Lipinski definition) is 1. The van der Waals surface area contributed by atoms with Crippen LogP contribution < -0.4 is 10.2 Å². The van der Waals surface area contributed by atoms with Crippen LogP contribution in [0, 0.1) is 18.3 Å². The van der Waals surface area contributed by atoms with Gasteiger partial charge in [0, 0.05) is 30.9 Å². The summed E-state index contributed by atoms with van der Waals surface area (Å²) in [6.07, 6.45) is 0. The minimum atomic E-state index is -0.132. The average molecular weight is 376 g/mol. The average Bonchev–Trinajstić information content (AvgIpc) is 2.66. The lowest BCUT2D eigenvalue weighted by atomic mass is 10.1. The van der Waals surface area contributed by atoms with E-state index in [2.05, 4.69) is 16.4 Å². The molecule has 0 atom stereocenters. The molecule has 3 rings (SSSR count). The van der Waals surface area contributed by atoms with Gasteiger partial charge in [0.1, 0.15) is 11.1 Å². The maximum Gasteiger partial charge on any atom is 0.234 e. The van der Waals surface area contributed by atoms with Crippen LogP contribution in [-0.4, -0.2) is 30.7 Å². The molecule has 1 amide bonds. The fraction of sp³-hybridized carbons (Fsp3) is 0.190. The van der Waals surface area contributed by atoms with Crippen LogP contribution in [0.15, 0.2) is 53.6 Å². The number of thioether (sulfide) groups is 1. The molecule has 0 aliphatic carbocycles. The number of aryl methyl sites for hydroxylation is 1. The Bertz CT molecular complexity index is 1020. The minimum absolute atomic E-state index is 0.132. The zero-order chi connectivity index (χ0) is 19.4. The SMILES string of the molecule is Cc1ccc2nc(SCC(=O)Nc3ccc(N(C)C)cc3)c(C#N)cc2c1. The normalized spacial score (nSPS) is 10.4. The Hall–Kier alpha value is -3.04. The van der Waals surface area contributed by atoms with Crippen molar-refractivity contribution in [3.8, 4) is 6.07 Å². The van der Waals surface area contributed by atoms with Gasteiger partial charge in [-0.1, -0.05) is 23.4 Å². The van der Waals surface area contributed by atoms with Crippen LogP contribution in [0.25, 0.3) is 10.9 Å². The van der Waals surface area contributed by atoms with Crippen LogP contribution in [0.4, 0.5) is 11.4 Å². The number of pyridine rings is 1. The minimum Gasteiger partial charge on any atom is -0.378 e. The summed E-state index contributed by atoms with van der Waals surface area (Å²) in [5.41, 5.74) is 4.24. The first-order chi connectivity index (χ1) is 13.0. The highest BCUT2D eigenvalue weighted by Gasteiger charge is 2.11. The number of benzene rings is 2. The van der Waals surface area contributed by atoms with E-state index in [4.69, 9.17) is 0 Å². The fourth-order valence-corrected chi connectivity index (χ4v) is 3.41. The summed E-state index contributed by atoms with van der Waals surface area (Å²) in [7, 11) is 3.93. The third-order valence-corrected chi connectivity index (χ3v) is 5.05. The summed E-state index contributed by atoms with van der Waals surface area (Å²) < 4.78 is 0. The summed E-state index contributed by atoms with van der Waals surface area (Å²) in [5.74, 6) is 0.0568. The molecular formula is C21H20N4OS. The van der Waals surface area contributed by atoms with E-state index < -0.39 is 0 Å². The van der Waals surface area contributed by atoms with Crippen molar-refractivity contribution in [3.05, 3.63) is 59.7 Å². The van der Waals surface area contributed by atoms with Gasteiger partial charge in [-0.05, 0) is 49.4 Å². The Labute approximate surface area is 163 Å². The predicted octanol–water partition coefficient (Wildman–Crippen LogP) is 4.21. The molecule has 0 aliphatic heterocycles. The summed E-state index contributed by atoms with van der Waals surface area (Å²) in [6.45, 7) is 2.00. The van der Waals surface area contributed by atoms with Crippen molar-refractivity contribution in [2.45, 2.75) is 11.9 Å². The Balaban J connectivity index is 1.69. The summed E-state index contributed by atoms with van der Waals surface area (Å²) in [4.78, 5) is 18.8. The Morgan fingerprint density at radius 2 is 1.93 bits per heavy atom. The van der Waals surface area contributed by atoms with E-state index in [1.165, 1.54) is 11.8 Å². The first-order valence-electron chi connectivity index (χ1n) is 8.48. The molecule has 1 heterocycles. The second kappa shape index (κ2) is 8.11. The van der Waals surface area contributed by atoms with E-state index in [1.807, 2.05) is 74.4 Å². The standard InChI is InChI=1S/C21H20N4OS/c1-14-4-9-19-15(10-14)11-16(12-22)21(24-19)27-13-20(26)23-17-5-7-18(8-6-17)25(2)3/h4-11H,13H2,1-3H3,(H,23,26). The van der Waals surface area contributed by atoms with Crippen LogP contribution >= 0.6 is 11.8 Å². The molecular weight excluding hydrogens is 356 g/mol. The smallest absolute Gasteiger partial charge is 0.234 e. The number of rotatable bonds is 5. The zero-order valence-electron chi connectivity index (χ0n) is 15.5. The number of nitrogens with one attached hydrogen (secondary N) is 1. The van der Waals surface area contributed by atoms with E-state index in [0.29, 0.717) is 10.6 Å². The van der Waals surface area contributed by atoms with E-state index in [9.17, 15) is 10.1 Å². The second-order valence-electron chi connectivity index (χ2n) is 6.43. The number of amides is 1. The molecule has 0 saturated heterocycles. The summed E-state index contributed by atoms with van der Waals surface area (Å²) in [5, 5.41) is 13.8. The number of aromatic nitrogens is 1. The lowest BCUT2D eigenvalue weighted by molar-refractivity contribution is -0.113. The predicted molar refractivity (Wildman–Crippen MR) is 111 cm³/mol. The van der Waals surface area contributed by atoms with E-state index in [1.54, 1.807) is 0 Å². The highest BCUT2D eigenvalue weighted by molar-refractivity contribution is 8.00. The van der Waals surface area contributed by atoms with Gasteiger partial charge < -0.3 is 10.2 Å². The van der Waals surface area contributed by atoms with Crippen LogP contribution in [0.1, 0.15) is 11.1 Å². The Morgan fingerprint density at radius 3 is 2.59 bits per heavy atom.